The molecule has 0 radical (unpaired) electrons. The summed E-state index contributed by atoms with van der Waals surface area (Å²) in [6.45, 7) is 10.9. The first kappa shape index (κ1) is 20.2. The summed E-state index contributed by atoms with van der Waals surface area (Å²) in [6.07, 6.45) is 12.3. The van der Waals surface area contributed by atoms with Crippen molar-refractivity contribution in [3.05, 3.63) is 12.2 Å². The molecule has 0 aliphatic carbocycles. The van der Waals surface area contributed by atoms with Crippen LogP contribution in [0.4, 0.5) is 0 Å². The Balaban J connectivity index is 2.05. The fraction of sp³-hybridized carbons (Fsp3) is 0.750. The molecule has 0 bridgehead atoms. The minimum Gasteiger partial charge on any atom is -0.460 e. The minimum absolute atomic E-state index is 0.0102. The average molecular weight is 365 g/mol. The normalized spacial score (nSPS) is 35.8. The zero-order valence-electron chi connectivity index (χ0n) is 16.2. The van der Waals surface area contributed by atoms with Crippen molar-refractivity contribution in [2.45, 2.75) is 95.2 Å². The molecule has 25 heavy (non-hydrogen) atoms. The second kappa shape index (κ2) is 8.53. The van der Waals surface area contributed by atoms with Gasteiger partial charge in [0.25, 0.3) is 0 Å². The molecule has 0 N–H and O–H groups in total. The van der Waals surface area contributed by atoms with Crippen LogP contribution in [0.3, 0.4) is 0 Å². The third kappa shape index (κ3) is 5.19. The molecule has 3 unspecified atom stereocenters. The number of carbonyl (C=O) groups is 1. The molecule has 5 heteroatoms. The quantitative estimate of drug-likeness (QED) is 0.407. The highest BCUT2D eigenvalue weighted by atomic mass is 28.3. The van der Waals surface area contributed by atoms with Gasteiger partial charge < -0.3 is 14.2 Å². The highest BCUT2D eigenvalue weighted by Crippen LogP contribution is 2.44. The van der Waals surface area contributed by atoms with Crippen LogP contribution in [0, 0.1) is 12.3 Å². The lowest BCUT2D eigenvalue weighted by molar-refractivity contribution is -0.149. The van der Waals surface area contributed by atoms with Gasteiger partial charge in [0, 0.05) is 13.3 Å². The molecule has 0 aromatic rings. The van der Waals surface area contributed by atoms with Crippen molar-refractivity contribution >= 4 is 14.0 Å². The van der Waals surface area contributed by atoms with Gasteiger partial charge >= 0.3 is 5.97 Å². The summed E-state index contributed by atoms with van der Waals surface area (Å²) >= 11 is 0. The Labute approximate surface area is 153 Å². The van der Waals surface area contributed by atoms with E-state index in [1.54, 1.807) is 6.08 Å². The van der Waals surface area contributed by atoms with Crippen LogP contribution in [0.1, 0.15) is 39.5 Å². The number of rotatable bonds is 6. The van der Waals surface area contributed by atoms with Crippen LogP contribution < -0.4 is 0 Å². The zero-order chi connectivity index (χ0) is 18.6. The number of hydrogen-bond acceptors (Lipinski definition) is 4. The van der Waals surface area contributed by atoms with Gasteiger partial charge in [0.2, 0.25) is 0 Å². The summed E-state index contributed by atoms with van der Waals surface area (Å²) in [6, 6.07) is 0. The van der Waals surface area contributed by atoms with E-state index in [9.17, 15) is 4.79 Å². The highest BCUT2D eigenvalue weighted by molar-refractivity contribution is 6.77. The molecule has 0 spiro atoms. The average Bonchev–Trinajstić information content (AvgIpc) is 3.11. The van der Waals surface area contributed by atoms with E-state index in [0.29, 0.717) is 24.5 Å². The second-order valence-electron chi connectivity index (χ2n) is 8.23. The second-order valence-corrected chi connectivity index (χ2v) is 13.7. The Bertz CT molecular complexity index is 531. The topological polar surface area (TPSA) is 44.8 Å². The maximum Gasteiger partial charge on any atom is 0.302 e. The summed E-state index contributed by atoms with van der Waals surface area (Å²) in [5.74, 6) is 2.22. The van der Waals surface area contributed by atoms with Crippen molar-refractivity contribution in [2.24, 2.45) is 0 Å². The molecule has 2 aliphatic heterocycles. The van der Waals surface area contributed by atoms with Crippen LogP contribution in [-0.4, -0.2) is 44.6 Å². The van der Waals surface area contributed by atoms with E-state index in [0.717, 1.165) is 12.8 Å². The summed E-state index contributed by atoms with van der Waals surface area (Å²) in [5, 5.41) is 0. The molecule has 2 heterocycles. The van der Waals surface area contributed by atoms with E-state index in [1.807, 2.05) is 6.08 Å². The third-order valence-corrected chi connectivity index (χ3v) is 8.17. The molecule has 0 aromatic heterocycles. The van der Waals surface area contributed by atoms with Gasteiger partial charge in [0.15, 0.2) is 0 Å². The Hall–Kier alpha value is -1.09. The molecular formula is C20H32O4Si. The molecule has 2 rings (SSSR count). The van der Waals surface area contributed by atoms with Gasteiger partial charge in [-0.2, -0.15) is 0 Å². The molecule has 0 aromatic carbocycles. The van der Waals surface area contributed by atoms with Gasteiger partial charge in [0.1, 0.15) is 6.10 Å². The van der Waals surface area contributed by atoms with Crippen LogP contribution in [0.5, 0.6) is 0 Å². The van der Waals surface area contributed by atoms with Gasteiger partial charge in [-0.15, -0.1) is 6.42 Å². The number of terminal acetylenes is 1. The van der Waals surface area contributed by atoms with Crippen LogP contribution in [0.15, 0.2) is 12.2 Å². The number of esters is 1. The van der Waals surface area contributed by atoms with E-state index in [2.05, 4.69) is 32.5 Å². The van der Waals surface area contributed by atoms with E-state index >= 15 is 0 Å². The first-order valence-corrected chi connectivity index (χ1v) is 12.9. The Kier molecular flexibility index (Phi) is 6.90. The van der Waals surface area contributed by atoms with Crippen LogP contribution in [0.25, 0.3) is 0 Å². The summed E-state index contributed by atoms with van der Waals surface area (Å²) < 4.78 is 18.1. The SMILES string of the molecule is C#C/C=C/C[C@H]1O[C@@H](C2CC([Si](C)(C)C)C(CC)O2)C[C@H]1OC(C)=O. The highest BCUT2D eigenvalue weighted by Gasteiger charge is 2.48. The molecule has 0 amide bonds. The van der Waals surface area contributed by atoms with Crippen molar-refractivity contribution in [3.8, 4) is 12.3 Å². The van der Waals surface area contributed by atoms with Gasteiger partial charge in [0.05, 0.1) is 32.5 Å². The summed E-state index contributed by atoms with van der Waals surface area (Å²) in [4.78, 5) is 11.4. The summed E-state index contributed by atoms with van der Waals surface area (Å²) in [7, 11) is -1.29. The standard InChI is InChI=1S/C20H32O4Si/c1-7-9-10-11-16-17(22-14(3)21)12-18(24-16)19-13-20(25(4,5)6)15(8-2)23-19/h1,9-10,15-20H,8,11-13H2,2-6H3/b10-9+/t15?,16-,17-,18-,19?,20?/m1/s1. The first-order valence-electron chi connectivity index (χ1n) is 9.35. The predicted molar refractivity (Wildman–Crippen MR) is 102 cm³/mol. The number of carbonyl (C=O) groups excluding carboxylic acids is 1. The predicted octanol–water partition coefficient (Wildman–Crippen LogP) is 3.93. The maximum atomic E-state index is 11.4. The number of ether oxygens (including phenoxy) is 3. The van der Waals surface area contributed by atoms with Crippen molar-refractivity contribution in [1.29, 1.82) is 0 Å². The molecule has 140 valence electrons. The van der Waals surface area contributed by atoms with Gasteiger partial charge in [-0.3, -0.25) is 4.79 Å². The van der Waals surface area contributed by atoms with Gasteiger partial charge in [-0.05, 0) is 30.9 Å². The Morgan fingerprint density at radius 2 is 1.88 bits per heavy atom. The van der Waals surface area contributed by atoms with E-state index in [4.69, 9.17) is 20.6 Å². The van der Waals surface area contributed by atoms with Crippen LogP contribution >= 0.6 is 0 Å². The summed E-state index contributed by atoms with van der Waals surface area (Å²) in [5.41, 5.74) is 0.652. The molecule has 2 saturated heterocycles. The Morgan fingerprint density at radius 1 is 1.24 bits per heavy atom. The van der Waals surface area contributed by atoms with E-state index in [1.165, 1.54) is 6.92 Å². The molecular weight excluding hydrogens is 332 g/mol. The van der Waals surface area contributed by atoms with Gasteiger partial charge in [-0.25, -0.2) is 0 Å². The van der Waals surface area contributed by atoms with Crippen LogP contribution in [-0.2, 0) is 19.0 Å². The largest absolute Gasteiger partial charge is 0.460 e. The van der Waals surface area contributed by atoms with Crippen molar-refractivity contribution in [1.82, 2.24) is 0 Å². The molecule has 2 fully saturated rings. The zero-order valence-corrected chi connectivity index (χ0v) is 17.2. The Morgan fingerprint density at radius 3 is 2.40 bits per heavy atom. The fourth-order valence-electron chi connectivity index (χ4n) is 4.11. The van der Waals surface area contributed by atoms with Gasteiger partial charge in [-0.1, -0.05) is 38.6 Å². The fourth-order valence-corrected chi connectivity index (χ4v) is 6.48. The van der Waals surface area contributed by atoms with Crippen molar-refractivity contribution < 1.29 is 19.0 Å². The smallest absolute Gasteiger partial charge is 0.302 e. The minimum atomic E-state index is -1.29. The molecule has 2 aliphatic rings. The lowest BCUT2D eigenvalue weighted by Gasteiger charge is -2.28. The van der Waals surface area contributed by atoms with E-state index < -0.39 is 8.07 Å². The number of allylic oxidation sites excluding steroid dienone is 1. The molecule has 4 nitrogen and oxygen atoms in total. The molecule has 0 saturated carbocycles. The monoisotopic (exact) mass is 364 g/mol. The molecule has 6 atom stereocenters. The van der Waals surface area contributed by atoms with E-state index in [-0.39, 0.29) is 30.4 Å². The van der Waals surface area contributed by atoms with Crippen molar-refractivity contribution in [3.63, 3.8) is 0 Å². The lowest BCUT2D eigenvalue weighted by Crippen LogP contribution is -2.33. The number of hydrogen-bond donors (Lipinski definition) is 0. The van der Waals surface area contributed by atoms with Crippen LogP contribution in [0.2, 0.25) is 25.2 Å². The van der Waals surface area contributed by atoms with Crippen molar-refractivity contribution in [2.75, 3.05) is 0 Å². The lowest BCUT2D eigenvalue weighted by atomic mass is 10.0. The third-order valence-electron chi connectivity index (χ3n) is 5.34. The maximum absolute atomic E-state index is 11.4. The first-order chi connectivity index (χ1) is 11.8.